The number of rotatable bonds is 3. The van der Waals surface area contributed by atoms with Crippen LogP contribution in [0.5, 0.6) is 0 Å². The molecule has 0 aromatic carbocycles. The summed E-state index contributed by atoms with van der Waals surface area (Å²) in [6.07, 6.45) is 1.92. The topological polar surface area (TPSA) is 94.2 Å². The molecule has 0 saturated carbocycles. The van der Waals surface area contributed by atoms with Gasteiger partial charge in [-0.1, -0.05) is 0 Å². The van der Waals surface area contributed by atoms with Gasteiger partial charge in [-0.15, -0.1) is 0 Å². The van der Waals surface area contributed by atoms with Crippen molar-refractivity contribution >= 4 is 15.7 Å². The summed E-state index contributed by atoms with van der Waals surface area (Å²) >= 11 is 0. The zero-order valence-electron chi connectivity index (χ0n) is 11.5. The molecule has 0 spiro atoms. The number of nitrogens with zero attached hydrogens (tertiary/aromatic N) is 2. The van der Waals surface area contributed by atoms with E-state index in [1.54, 1.807) is 23.9 Å². The van der Waals surface area contributed by atoms with E-state index in [-0.39, 0.29) is 29.7 Å². The van der Waals surface area contributed by atoms with E-state index in [0.29, 0.717) is 17.7 Å². The van der Waals surface area contributed by atoms with E-state index in [1.165, 1.54) is 6.26 Å². The molecular formula is C13H15N3O4S. The lowest BCUT2D eigenvalue weighted by molar-refractivity contribution is 0.0941. The van der Waals surface area contributed by atoms with Crippen molar-refractivity contribution in [3.8, 4) is 0 Å². The van der Waals surface area contributed by atoms with Gasteiger partial charge < -0.3 is 9.73 Å². The van der Waals surface area contributed by atoms with Crippen molar-refractivity contribution < 1.29 is 17.6 Å². The van der Waals surface area contributed by atoms with Crippen LogP contribution in [0.1, 0.15) is 27.5 Å². The van der Waals surface area contributed by atoms with Gasteiger partial charge in [0.15, 0.2) is 15.5 Å². The lowest BCUT2D eigenvalue weighted by Gasteiger charge is -2.13. The SMILES string of the molecule is Cn1nc(C(=O)NCc2ccco2)c2c1CCS(=O)(=O)C2. The van der Waals surface area contributed by atoms with Crippen molar-refractivity contribution in [3.05, 3.63) is 41.1 Å². The maximum Gasteiger partial charge on any atom is 0.272 e. The van der Waals surface area contributed by atoms with Gasteiger partial charge in [-0.2, -0.15) is 5.10 Å². The molecule has 1 aliphatic heterocycles. The second-order valence-corrected chi connectivity index (χ2v) is 7.19. The van der Waals surface area contributed by atoms with Gasteiger partial charge in [-0.3, -0.25) is 9.48 Å². The van der Waals surface area contributed by atoms with Crippen LogP contribution in [-0.2, 0) is 35.6 Å². The van der Waals surface area contributed by atoms with E-state index in [0.717, 1.165) is 5.69 Å². The molecule has 0 radical (unpaired) electrons. The number of nitrogens with one attached hydrogen (secondary N) is 1. The van der Waals surface area contributed by atoms with Crippen LogP contribution in [0.3, 0.4) is 0 Å². The first-order valence-electron chi connectivity index (χ1n) is 6.52. The number of aromatic nitrogens is 2. The second kappa shape index (κ2) is 5.03. The molecule has 1 N–H and O–H groups in total. The van der Waals surface area contributed by atoms with Crippen molar-refractivity contribution in [3.63, 3.8) is 0 Å². The molecule has 1 amide bonds. The van der Waals surface area contributed by atoms with Gasteiger partial charge in [0.05, 0.1) is 24.3 Å². The molecule has 3 heterocycles. The predicted octanol–water partition coefficient (Wildman–Crippen LogP) is 0.414. The molecular weight excluding hydrogens is 294 g/mol. The van der Waals surface area contributed by atoms with E-state index in [2.05, 4.69) is 10.4 Å². The number of fused-ring (bicyclic) bond motifs is 1. The summed E-state index contributed by atoms with van der Waals surface area (Å²) in [6.45, 7) is 0.240. The molecule has 21 heavy (non-hydrogen) atoms. The summed E-state index contributed by atoms with van der Waals surface area (Å²) < 4.78 is 30.2. The van der Waals surface area contributed by atoms with Crippen LogP contribution in [-0.4, -0.2) is 29.9 Å². The number of furan rings is 1. The Hall–Kier alpha value is -2.09. The van der Waals surface area contributed by atoms with E-state index in [9.17, 15) is 13.2 Å². The van der Waals surface area contributed by atoms with Gasteiger partial charge in [-0.05, 0) is 12.1 Å². The largest absolute Gasteiger partial charge is 0.467 e. The van der Waals surface area contributed by atoms with Gasteiger partial charge in [0.25, 0.3) is 5.91 Å². The molecule has 0 saturated heterocycles. The summed E-state index contributed by atoms with van der Waals surface area (Å²) in [4.78, 5) is 12.2. The van der Waals surface area contributed by atoms with Crippen LogP contribution in [0.4, 0.5) is 0 Å². The van der Waals surface area contributed by atoms with Gasteiger partial charge >= 0.3 is 0 Å². The molecule has 112 valence electrons. The fraction of sp³-hybridized carbons (Fsp3) is 0.385. The molecule has 0 unspecified atom stereocenters. The van der Waals surface area contributed by atoms with Crippen LogP contribution >= 0.6 is 0 Å². The maximum atomic E-state index is 12.2. The van der Waals surface area contributed by atoms with E-state index in [4.69, 9.17) is 4.42 Å². The van der Waals surface area contributed by atoms with Gasteiger partial charge in [0.1, 0.15) is 5.76 Å². The average molecular weight is 309 g/mol. The Labute approximate surface area is 121 Å². The zero-order chi connectivity index (χ0) is 15.0. The van der Waals surface area contributed by atoms with Crippen molar-refractivity contribution in [2.75, 3.05) is 5.75 Å². The third-order valence-electron chi connectivity index (χ3n) is 3.51. The summed E-state index contributed by atoms with van der Waals surface area (Å²) in [7, 11) is -1.43. The number of carbonyl (C=O) groups excluding carboxylic acids is 1. The minimum Gasteiger partial charge on any atom is -0.467 e. The molecule has 0 bridgehead atoms. The van der Waals surface area contributed by atoms with Crippen LogP contribution < -0.4 is 5.32 Å². The number of hydrogen-bond acceptors (Lipinski definition) is 5. The molecule has 2 aromatic rings. The minimum atomic E-state index is -3.15. The Morgan fingerprint density at radius 3 is 3.05 bits per heavy atom. The second-order valence-electron chi connectivity index (χ2n) is 5.00. The molecule has 0 atom stereocenters. The van der Waals surface area contributed by atoms with Crippen LogP contribution in [0.25, 0.3) is 0 Å². The molecule has 3 rings (SSSR count). The van der Waals surface area contributed by atoms with Crippen molar-refractivity contribution in [1.82, 2.24) is 15.1 Å². The van der Waals surface area contributed by atoms with Crippen LogP contribution in [0.15, 0.2) is 22.8 Å². The summed E-state index contributed by atoms with van der Waals surface area (Å²) in [5, 5.41) is 6.86. The van der Waals surface area contributed by atoms with Crippen LogP contribution in [0.2, 0.25) is 0 Å². The summed E-state index contributed by atoms with van der Waals surface area (Å²) in [5.74, 6) is 0.216. The highest BCUT2D eigenvalue weighted by molar-refractivity contribution is 7.90. The number of hydrogen-bond donors (Lipinski definition) is 1. The molecule has 8 heteroatoms. The Balaban J connectivity index is 1.84. The fourth-order valence-electron chi connectivity index (χ4n) is 2.46. The Bertz CT molecular complexity index is 775. The van der Waals surface area contributed by atoms with Gasteiger partial charge in [0, 0.05) is 24.7 Å². The van der Waals surface area contributed by atoms with E-state index >= 15 is 0 Å². The molecule has 7 nitrogen and oxygen atoms in total. The molecule has 0 fully saturated rings. The summed E-state index contributed by atoms with van der Waals surface area (Å²) in [6, 6.07) is 3.48. The standard InChI is InChI=1S/C13H15N3O4S/c1-16-11-4-6-21(18,19)8-10(11)12(15-16)13(17)14-7-9-3-2-5-20-9/h2-3,5H,4,6-8H2,1H3,(H,14,17). The lowest BCUT2D eigenvalue weighted by Crippen LogP contribution is -2.26. The third-order valence-corrected chi connectivity index (χ3v) is 5.06. The van der Waals surface area contributed by atoms with Gasteiger partial charge in [-0.25, -0.2) is 8.42 Å². The number of amides is 1. The predicted molar refractivity (Wildman–Crippen MR) is 74.3 cm³/mol. The Morgan fingerprint density at radius 1 is 1.52 bits per heavy atom. The highest BCUT2D eigenvalue weighted by Gasteiger charge is 2.30. The zero-order valence-corrected chi connectivity index (χ0v) is 12.3. The van der Waals surface area contributed by atoms with Crippen LogP contribution in [0, 0.1) is 0 Å². The monoisotopic (exact) mass is 309 g/mol. The normalized spacial score (nSPS) is 16.4. The van der Waals surface area contributed by atoms with Crippen molar-refractivity contribution in [1.29, 1.82) is 0 Å². The first-order chi connectivity index (χ1) is 9.96. The molecule has 0 aliphatic carbocycles. The lowest BCUT2D eigenvalue weighted by atomic mass is 10.1. The average Bonchev–Trinajstić information content (AvgIpc) is 3.03. The van der Waals surface area contributed by atoms with E-state index < -0.39 is 9.84 Å². The number of carbonyl (C=O) groups is 1. The first-order valence-corrected chi connectivity index (χ1v) is 8.34. The van der Waals surface area contributed by atoms with E-state index in [1.807, 2.05) is 0 Å². The van der Waals surface area contributed by atoms with Crippen molar-refractivity contribution in [2.45, 2.75) is 18.7 Å². The quantitative estimate of drug-likeness (QED) is 0.886. The smallest absolute Gasteiger partial charge is 0.272 e. The van der Waals surface area contributed by atoms with Crippen molar-refractivity contribution in [2.24, 2.45) is 7.05 Å². The Kier molecular flexibility index (Phi) is 3.32. The third kappa shape index (κ3) is 2.71. The highest BCUT2D eigenvalue weighted by Crippen LogP contribution is 2.23. The number of aryl methyl sites for hydroxylation is 1. The summed E-state index contributed by atoms with van der Waals surface area (Å²) in [5.41, 5.74) is 1.51. The highest BCUT2D eigenvalue weighted by atomic mass is 32.2. The molecule has 1 aliphatic rings. The fourth-order valence-corrected chi connectivity index (χ4v) is 3.85. The Morgan fingerprint density at radius 2 is 2.33 bits per heavy atom. The maximum absolute atomic E-state index is 12.2. The first kappa shape index (κ1) is 13.9. The van der Waals surface area contributed by atoms with Gasteiger partial charge in [0.2, 0.25) is 0 Å². The number of sulfone groups is 1. The molecule has 2 aromatic heterocycles. The minimum absolute atomic E-state index is 0.104.